The van der Waals surface area contributed by atoms with E-state index in [1.807, 2.05) is 6.20 Å². The Hall–Kier alpha value is -1.63. The number of fused-ring (bicyclic) bond motifs is 4. The summed E-state index contributed by atoms with van der Waals surface area (Å²) >= 11 is 0. The zero-order chi connectivity index (χ0) is 9.12. The topological polar surface area (TPSA) is 12.9 Å². The fraction of sp³-hybridized carbons (Fsp3) is 0.154. The Morgan fingerprint density at radius 3 is 3.00 bits per heavy atom. The maximum atomic E-state index is 4.48. The van der Waals surface area contributed by atoms with E-state index >= 15 is 0 Å². The summed E-state index contributed by atoms with van der Waals surface area (Å²) in [4.78, 5) is 4.48. The standard InChI is InChI=1S/C13H9N/c1-2-4-12-10(3-1)13-9(7-14-12)5-8-6-11(8)13/h1-4,7H,5-6H2. The first-order valence-corrected chi connectivity index (χ1v) is 5.01. The summed E-state index contributed by atoms with van der Waals surface area (Å²) in [5.74, 6) is 0. The Kier molecular flexibility index (Phi) is 0.995. The molecule has 0 amide bonds. The lowest BCUT2D eigenvalue weighted by Gasteiger charge is -2.06. The van der Waals surface area contributed by atoms with Crippen molar-refractivity contribution in [1.29, 1.82) is 0 Å². The van der Waals surface area contributed by atoms with Gasteiger partial charge in [0, 0.05) is 11.6 Å². The van der Waals surface area contributed by atoms with Crippen LogP contribution in [0.3, 0.4) is 0 Å². The van der Waals surface area contributed by atoms with Crippen molar-refractivity contribution in [3.63, 3.8) is 0 Å². The van der Waals surface area contributed by atoms with Crippen LogP contribution in [0.25, 0.3) is 16.5 Å². The molecule has 0 saturated heterocycles. The Labute approximate surface area is 82.1 Å². The molecule has 0 saturated carbocycles. The summed E-state index contributed by atoms with van der Waals surface area (Å²) in [7, 11) is 0. The molecule has 2 aliphatic rings. The third-order valence-corrected chi connectivity index (χ3v) is 3.25. The highest BCUT2D eigenvalue weighted by molar-refractivity contribution is 6.01. The van der Waals surface area contributed by atoms with Gasteiger partial charge in [0.1, 0.15) is 0 Å². The third kappa shape index (κ3) is 0.688. The molecule has 0 spiro atoms. The van der Waals surface area contributed by atoms with E-state index in [2.05, 4.69) is 29.2 Å². The molecule has 1 aromatic carbocycles. The second-order valence-electron chi connectivity index (χ2n) is 4.11. The summed E-state index contributed by atoms with van der Waals surface area (Å²) in [6.07, 6.45) is 4.45. The number of para-hydroxylation sites is 1. The molecule has 0 N–H and O–H groups in total. The molecule has 4 rings (SSSR count). The average Bonchev–Trinajstić information content (AvgIpc) is 2.90. The van der Waals surface area contributed by atoms with E-state index in [9.17, 15) is 0 Å². The number of aromatic nitrogens is 1. The Morgan fingerprint density at radius 1 is 1.07 bits per heavy atom. The van der Waals surface area contributed by atoms with Crippen LogP contribution in [0.2, 0.25) is 0 Å². The zero-order valence-corrected chi connectivity index (χ0v) is 7.75. The monoisotopic (exact) mass is 179 g/mol. The smallest absolute Gasteiger partial charge is 0.0708 e. The lowest BCUT2D eigenvalue weighted by molar-refractivity contribution is 1.16. The van der Waals surface area contributed by atoms with Crippen molar-refractivity contribution in [3.05, 3.63) is 47.2 Å². The summed E-state index contributed by atoms with van der Waals surface area (Å²) in [5, 5.41) is 1.34. The number of benzene rings is 1. The minimum absolute atomic E-state index is 1.13. The predicted octanol–water partition coefficient (Wildman–Crippen LogP) is 2.95. The molecule has 1 aromatic heterocycles. The van der Waals surface area contributed by atoms with Gasteiger partial charge >= 0.3 is 0 Å². The summed E-state index contributed by atoms with van der Waals surface area (Å²) in [6.45, 7) is 0. The van der Waals surface area contributed by atoms with Crippen molar-refractivity contribution in [3.8, 4) is 0 Å². The van der Waals surface area contributed by atoms with E-state index in [0.717, 1.165) is 11.9 Å². The first kappa shape index (κ1) is 6.77. The highest BCUT2D eigenvalue weighted by Gasteiger charge is 2.33. The fourth-order valence-corrected chi connectivity index (χ4v) is 2.51. The first-order chi connectivity index (χ1) is 6.93. The van der Waals surface area contributed by atoms with Gasteiger partial charge in [0.15, 0.2) is 0 Å². The maximum absolute atomic E-state index is 4.48. The molecule has 0 unspecified atom stereocenters. The van der Waals surface area contributed by atoms with Crippen LogP contribution in [0, 0.1) is 0 Å². The Balaban J connectivity index is 2.21. The van der Waals surface area contributed by atoms with Gasteiger partial charge in [-0.3, -0.25) is 4.98 Å². The van der Waals surface area contributed by atoms with Crippen molar-refractivity contribution >= 4 is 16.5 Å². The summed E-state index contributed by atoms with van der Waals surface area (Å²) in [5.41, 5.74) is 7.29. The zero-order valence-electron chi connectivity index (χ0n) is 7.75. The maximum Gasteiger partial charge on any atom is 0.0708 e. The van der Waals surface area contributed by atoms with Gasteiger partial charge in [-0.25, -0.2) is 0 Å². The molecule has 1 heterocycles. The molecule has 0 atom stereocenters. The number of rotatable bonds is 0. The molecular weight excluding hydrogens is 170 g/mol. The third-order valence-electron chi connectivity index (χ3n) is 3.25. The highest BCUT2D eigenvalue weighted by Crippen LogP contribution is 2.51. The molecule has 0 bridgehead atoms. The van der Waals surface area contributed by atoms with Crippen molar-refractivity contribution in [2.24, 2.45) is 0 Å². The van der Waals surface area contributed by atoms with Crippen LogP contribution in [-0.4, -0.2) is 4.98 Å². The molecule has 0 aliphatic heterocycles. The molecule has 1 nitrogen and oxygen atoms in total. The minimum Gasteiger partial charge on any atom is -0.256 e. The summed E-state index contributed by atoms with van der Waals surface area (Å²) in [6, 6.07) is 8.44. The van der Waals surface area contributed by atoms with Crippen LogP contribution in [0.1, 0.15) is 17.5 Å². The number of hydrogen-bond donors (Lipinski definition) is 0. The van der Waals surface area contributed by atoms with Gasteiger partial charge in [0.05, 0.1) is 5.52 Å². The quantitative estimate of drug-likeness (QED) is 0.606. The first-order valence-electron chi connectivity index (χ1n) is 5.01. The average molecular weight is 179 g/mol. The largest absolute Gasteiger partial charge is 0.256 e. The fourth-order valence-electron chi connectivity index (χ4n) is 2.51. The molecule has 66 valence electrons. The predicted molar refractivity (Wildman–Crippen MR) is 57.0 cm³/mol. The van der Waals surface area contributed by atoms with E-state index in [0.29, 0.717) is 0 Å². The van der Waals surface area contributed by atoms with Gasteiger partial charge in [-0.15, -0.1) is 0 Å². The Bertz CT molecular complexity index is 593. The van der Waals surface area contributed by atoms with E-state index in [1.165, 1.54) is 22.9 Å². The SMILES string of the molecule is c1ccc2c3c(cnc2c1)CC1=C3C1. The molecule has 0 fully saturated rings. The van der Waals surface area contributed by atoms with Crippen molar-refractivity contribution in [1.82, 2.24) is 4.98 Å². The number of nitrogens with zero attached hydrogens (tertiary/aromatic N) is 1. The highest BCUT2D eigenvalue weighted by atomic mass is 14.7. The van der Waals surface area contributed by atoms with Crippen LogP contribution in [-0.2, 0) is 6.42 Å². The lowest BCUT2D eigenvalue weighted by Crippen LogP contribution is -1.91. The van der Waals surface area contributed by atoms with Gasteiger partial charge in [-0.2, -0.15) is 0 Å². The summed E-state index contributed by atoms with van der Waals surface area (Å²) < 4.78 is 0. The van der Waals surface area contributed by atoms with Crippen LogP contribution >= 0.6 is 0 Å². The second-order valence-corrected chi connectivity index (χ2v) is 4.11. The minimum atomic E-state index is 1.13. The molecule has 14 heavy (non-hydrogen) atoms. The van der Waals surface area contributed by atoms with Crippen LogP contribution in [0.5, 0.6) is 0 Å². The number of pyridine rings is 1. The van der Waals surface area contributed by atoms with Crippen molar-refractivity contribution < 1.29 is 0 Å². The van der Waals surface area contributed by atoms with Gasteiger partial charge in [-0.05, 0) is 35.6 Å². The number of allylic oxidation sites excluding steroid dienone is 2. The molecular formula is C13H9N. The lowest BCUT2D eigenvalue weighted by atomic mass is 10.0. The molecule has 2 aromatic rings. The number of hydrogen-bond acceptors (Lipinski definition) is 1. The molecule has 0 radical (unpaired) electrons. The van der Waals surface area contributed by atoms with E-state index in [-0.39, 0.29) is 0 Å². The van der Waals surface area contributed by atoms with Gasteiger partial charge in [-0.1, -0.05) is 23.8 Å². The van der Waals surface area contributed by atoms with Gasteiger partial charge in [0.25, 0.3) is 0 Å². The van der Waals surface area contributed by atoms with E-state index in [4.69, 9.17) is 0 Å². The van der Waals surface area contributed by atoms with Crippen molar-refractivity contribution in [2.45, 2.75) is 12.8 Å². The van der Waals surface area contributed by atoms with Crippen LogP contribution < -0.4 is 0 Å². The van der Waals surface area contributed by atoms with Gasteiger partial charge in [0.2, 0.25) is 0 Å². The van der Waals surface area contributed by atoms with E-state index < -0.39 is 0 Å². The van der Waals surface area contributed by atoms with Gasteiger partial charge < -0.3 is 0 Å². The molecule has 2 aliphatic carbocycles. The molecule has 1 heteroatoms. The van der Waals surface area contributed by atoms with Crippen LogP contribution in [0.4, 0.5) is 0 Å². The second kappa shape index (κ2) is 2.06. The normalized spacial score (nSPS) is 17.1. The van der Waals surface area contributed by atoms with Crippen LogP contribution in [0.15, 0.2) is 36.0 Å². The Morgan fingerprint density at radius 2 is 2.00 bits per heavy atom. The van der Waals surface area contributed by atoms with Crippen molar-refractivity contribution in [2.75, 3.05) is 0 Å². The van der Waals surface area contributed by atoms with E-state index in [1.54, 1.807) is 11.1 Å².